The first-order valence-corrected chi connectivity index (χ1v) is 13.4. The van der Waals surface area contributed by atoms with Crippen LogP contribution < -0.4 is 9.46 Å². The molecule has 0 bridgehead atoms. The molecule has 1 aliphatic heterocycles. The minimum atomic E-state index is -3.96. The lowest BCUT2D eigenvalue weighted by atomic mass is 10.3. The number of ether oxygens (including phenoxy) is 1. The average molecular weight is 500 g/mol. The number of halogens is 1. The molecule has 2 aromatic rings. The van der Waals surface area contributed by atoms with Crippen LogP contribution in [-0.2, 0) is 24.8 Å². The molecule has 180 valence electrons. The van der Waals surface area contributed by atoms with Crippen LogP contribution in [0.25, 0.3) is 0 Å². The number of piperazine rings is 1. The van der Waals surface area contributed by atoms with E-state index in [2.05, 4.69) is 4.72 Å². The molecular formula is C21H26FN3O6S2. The lowest BCUT2D eigenvalue weighted by molar-refractivity contribution is -0.129. The maximum absolute atomic E-state index is 13.4. The van der Waals surface area contributed by atoms with Crippen LogP contribution in [0.3, 0.4) is 0 Å². The summed E-state index contributed by atoms with van der Waals surface area (Å²) >= 11 is 0. The van der Waals surface area contributed by atoms with Gasteiger partial charge in [-0.05, 0) is 56.3 Å². The molecule has 0 atom stereocenters. The third-order valence-corrected chi connectivity index (χ3v) is 7.91. The van der Waals surface area contributed by atoms with E-state index >= 15 is 0 Å². The first kappa shape index (κ1) is 24.9. The van der Waals surface area contributed by atoms with Gasteiger partial charge in [-0.15, -0.1) is 0 Å². The topological polar surface area (TPSA) is 113 Å². The second-order valence-electron chi connectivity index (χ2n) is 7.79. The van der Waals surface area contributed by atoms with Gasteiger partial charge >= 0.3 is 0 Å². The fourth-order valence-corrected chi connectivity index (χ4v) is 5.83. The highest BCUT2D eigenvalue weighted by atomic mass is 32.2. The van der Waals surface area contributed by atoms with E-state index in [0.29, 0.717) is 11.4 Å². The zero-order chi connectivity index (χ0) is 24.2. The number of hydrogen-bond donors (Lipinski definition) is 1. The number of nitrogens with zero attached hydrogens (tertiary/aromatic N) is 2. The van der Waals surface area contributed by atoms with Crippen molar-refractivity contribution < 1.29 is 30.8 Å². The molecule has 1 aliphatic rings. The highest BCUT2D eigenvalue weighted by Crippen LogP contribution is 2.20. The van der Waals surface area contributed by atoms with Gasteiger partial charge in [0.25, 0.3) is 0 Å². The molecule has 9 nitrogen and oxygen atoms in total. The van der Waals surface area contributed by atoms with Crippen molar-refractivity contribution in [2.75, 3.05) is 36.7 Å². The van der Waals surface area contributed by atoms with E-state index < -0.39 is 37.5 Å². The molecule has 1 heterocycles. The van der Waals surface area contributed by atoms with E-state index in [-0.39, 0.29) is 37.2 Å². The minimum Gasteiger partial charge on any atom is -0.491 e. The lowest BCUT2D eigenvalue weighted by Gasteiger charge is -2.34. The van der Waals surface area contributed by atoms with Crippen LogP contribution in [0.15, 0.2) is 53.4 Å². The average Bonchev–Trinajstić information content (AvgIpc) is 2.74. The van der Waals surface area contributed by atoms with Crippen molar-refractivity contribution in [2.45, 2.75) is 24.8 Å². The van der Waals surface area contributed by atoms with E-state index in [1.165, 1.54) is 29.2 Å². The number of nitrogens with one attached hydrogen (secondary N) is 1. The second-order valence-corrected chi connectivity index (χ2v) is 11.5. The number of sulfonamides is 2. The van der Waals surface area contributed by atoms with Crippen LogP contribution in [0, 0.1) is 5.82 Å². The van der Waals surface area contributed by atoms with Crippen molar-refractivity contribution in [3.8, 4) is 5.75 Å². The summed E-state index contributed by atoms with van der Waals surface area (Å²) in [5, 5.41) is 0. The summed E-state index contributed by atoms with van der Waals surface area (Å²) in [6.07, 6.45) is -0.0190. The molecule has 1 N–H and O–H groups in total. The Morgan fingerprint density at radius 1 is 1.03 bits per heavy atom. The molecule has 0 spiro atoms. The number of benzene rings is 2. The summed E-state index contributed by atoms with van der Waals surface area (Å²) in [5.74, 6) is -1.47. The molecular weight excluding hydrogens is 473 g/mol. The molecule has 3 rings (SSSR count). The fraction of sp³-hybridized carbons (Fsp3) is 0.381. The molecule has 0 aromatic heterocycles. The van der Waals surface area contributed by atoms with Crippen molar-refractivity contribution in [1.82, 2.24) is 9.21 Å². The normalized spacial score (nSPS) is 15.5. The summed E-state index contributed by atoms with van der Waals surface area (Å²) in [6, 6.07) is 11.0. The van der Waals surface area contributed by atoms with Gasteiger partial charge in [0, 0.05) is 31.9 Å². The Labute approximate surface area is 193 Å². The van der Waals surface area contributed by atoms with Gasteiger partial charge in [-0.2, -0.15) is 4.31 Å². The molecule has 1 fully saturated rings. The molecule has 0 unspecified atom stereocenters. The summed E-state index contributed by atoms with van der Waals surface area (Å²) in [7, 11) is -7.87. The zero-order valence-corrected chi connectivity index (χ0v) is 19.9. The maximum Gasteiger partial charge on any atom is 0.243 e. The van der Waals surface area contributed by atoms with Gasteiger partial charge in [0.2, 0.25) is 26.0 Å². The number of carbonyl (C=O) groups is 1. The Balaban J connectivity index is 1.56. The highest BCUT2D eigenvalue weighted by molar-refractivity contribution is 7.93. The smallest absolute Gasteiger partial charge is 0.243 e. The molecule has 1 saturated heterocycles. The minimum absolute atomic E-state index is 0.0185. The quantitative estimate of drug-likeness (QED) is 0.594. The third-order valence-electron chi connectivity index (χ3n) is 4.84. The summed E-state index contributed by atoms with van der Waals surface area (Å²) < 4.78 is 72.6. The molecule has 0 radical (unpaired) electrons. The Hall–Kier alpha value is -2.70. The predicted octanol–water partition coefficient (Wildman–Crippen LogP) is 1.89. The molecule has 0 saturated carbocycles. The zero-order valence-electron chi connectivity index (χ0n) is 18.3. The van der Waals surface area contributed by atoms with Gasteiger partial charge in [0.1, 0.15) is 17.3 Å². The van der Waals surface area contributed by atoms with Gasteiger partial charge in [-0.3, -0.25) is 9.52 Å². The van der Waals surface area contributed by atoms with Gasteiger partial charge in [-0.1, -0.05) is 6.07 Å². The first-order valence-electron chi connectivity index (χ1n) is 10.3. The third kappa shape index (κ3) is 6.65. The van der Waals surface area contributed by atoms with Gasteiger partial charge < -0.3 is 9.64 Å². The van der Waals surface area contributed by atoms with E-state index in [4.69, 9.17) is 4.74 Å². The summed E-state index contributed by atoms with van der Waals surface area (Å²) in [6.45, 7) is 3.77. The van der Waals surface area contributed by atoms with Crippen LogP contribution in [-0.4, -0.2) is 70.0 Å². The monoisotopic (exact) mass is 499 g/mol. The summed E-state index contributed by atoms with van der Waals surface area (Å²) in [5.41, 5.74) is 0.296. The van der Waals surface area contributed by atoms with E-state index in [1.807, 2.05) is 13.8 Å². The van der Waals surface area contributed by atoms with E-state index in [9.17, 15) is 26.0 Å². The maximum atomic E-state index is 13.4. The number of hydrogen-bond acceptors (Lipinski definition) is 6. The van der Waals surface area contributed by atoms with Crippen LogP contribution >= 0.6 is 0 Å². The van der Waals surface area contributed by atoms with Crippen LogP contribution in [0.1, 0.15) is 13.8 Å². The van der Waals surface area contributed by atoms with Crippen molar-refractivity contribution >= 4 is 31.6 Å². The highest BCUT2D eigenvalue weighted by Gasteiger charge is 2.31. The number of anilines is 1. The predicted molar refractivity (Wildman–Crippen MR) is 121 cm³/mol. The SMILES string of the molecule is CC(C)Oc1ccc(NS(=O)(=O)CC(=O)N2CCN(S(=O)(=O)c3cccc(F)c3)CC2)cc1. The summed E-state index contributed by atoms with van der Waals surface area (Å²) in [4.78, 5) is 13.7. The van der Waals surface area contributed by atoms with Gasteiger partial charge in [0.15, 0.2) is 0 Å². The van der Waals surface area contributed by atoms with Crippen LogP contribution in [0.4, 0.5) is 10.1 Å². The molecule has 33 heavy (non-hydrogen) atoms. The van der Waals surface area contributed by atoms with Crippen LogP contribution in [0.5, 0.6) is 5.75 Å². The first-order chi connectivity index (χ1) is 15.5. The Morgan fingerprint density at radius 2 is 1.67 bits per heavy atom. The lowest BCUT2D eigenvalue weighted by Crippen LogP contribution is -2.51. The second kappa shape index (κ2) is 10.1. The Bertz CT molecular complexity index is 1190. The van der Waals surface area contributed by atoms with Crippen molar-refractivity contribution in [3.63, 3.8) is 0 Å². The fourth-order valence-electron chi connectivity index (χ4n) is 3.30. The van der Waals surface area contributed by atoms with Gasteiger partial charge in [-0.25, -0.2) is 21.2 Å². The van der Waals surface area contributed by atoms with Crippen LogP contribution in [0.2, 0.25) is 0 Å². The molecule has 1 amide bonds. The molecule has 2 aromatic carbocycles. The molecule has 12 heteroatoms. The van der Waals surface area contributed by atoms with Crippen molar-refractivity contribution in [2.24, 2.45) is 0 Å². The standard InChI is InChI=1S/C21H26FN3O6S2/c1-16(2)31-19-8-6-18(7-9-19)23-32(27,28)15-21(26)24-10-12-25(13-11-24)33(29,30)20-5-3-4-17(22)14-20/h3-9,14,16,23H,10-13,15H2,1-2H3. The number of rotatable bonds is 8. The molecule has 0 aliphatic carbocycles. The van der Waals surface area contributed by atoms with Crippen molar-refractivity contribution in [3.05, 3.63) is 54.3 Å². The number of carbonyl (C=O) groups excluding carboxylic acids is 1. The van der Waals surface area contributed by atoms with E-state index in [0.717, 1.165) is 16.4 Å². The van der Waals surface area contributed by atoms with Crippen molar-refractivity contribution in [1.29, 1.82) is 0 Å². The van der Waals surface area contributed by atoms with E-state index in [1.54, 1.807) is 12.1 Å². The number of amides is 1. The Kier molecular flexibility index (Phi) is 7.60. The largest absolute Gasteiger partial charge is 0.491 e. The Morgan fingerprint density at radius 3 is 2.24 bits per heavy atom. The van der Waals surface area contributed by atoms with Gasteiger partial charge in [0.05, 0.1) is 11.0 Å².